The van der Waals surface area contributed by atoms with E-state index in [4.69, 9.17) is 4.42 Å². The molecule has 8 heteroatoms. The first-order chi connectivity index (χ1) is 10.8. The fourth-order valence-electron chi connectivity index (χ4n) is 2.05. The van der Waals surface area contributed by atoms with E-state index in [0.717, 1.165) is 23.5 Å². The molecular formula is C15H14N2O4S2. The number of aromatic nitrogens is 1. The number of phenolic OH excluding ortho intramolecular Hbond substituents is 1. The highest BCUT2D eigenvalue weighted by Gasteiger charge is 2.14. The van der Waals surface area contributed by atoms with Gasteiger partial charge in [-0.15, -0.1) is 0 Å². The van der Waals surface area contributed by atoms with Crippen molar-refractivity contribution >= 4 is 38.6 Å². The number of hydrogen-bond donors (Lipinski definition) is 2. The largest absolute Gasteiger partial charge is 0.507 e. The van der Waals surface area contributed by atoms with Crippen LogP contribution in [-0.2, 0) is 10.0 Å². The number of phenols is 1. The monoisotopic (exact) mass is 350 g/mol. The summed E-state index contributed by atoms with van der Waals surface area (Å²) < 4.78 is 30.9. The molecule has 6 nitrogen and oxygen atoms in total. The second kappa shape index (κ2) is 5.78. The van der Waals surface area contributed by atoms with E-state index >= 15 is 0 Å². The molecule has 23 heavy (non-hydrogen) atoms. The SMILES string of the molecule is Cc1cc(O)c(Sc2nc3ccccc3o2)cc1NS(C)(=O)=O. The fraction of sp³-hybridized carbons (Fsp3) is 0.133. The summed E-state index contributed by atoms with van der Waals surface area (Å²) in [7, 11) is -3.40. The fourth-order valence-corrected chi connectivity index (χ4v) is 3.48. The van der Waals surface area contributed by atoms with Crippen molar-refractivity contribution in [2.24, 2.45) is 0 Å². The number of benzene rings is 2. The number of nitrogens with zero attached hydrogens (tertiary/aromatic N) is 1. The molecule has 0 aliphatic heterocycles. The van der Waals surface area contributed by atoms with Crippen LogP contribution in [0.15, 0.2) is 50.9 Å². The number of fused-ring (bicyclic) bond motifs is 1. The predicted octanol–water partition coefficient (Wildman–Crippen LogP) is 3.36. The average molecular weight is 350 g/mol. The van der Waals surface area contributed by atoms with E-state index in [0.29, 0.717) is 27.0 Å². The molecule has 0 saturated carbocycles. The number of oxazole rings is 1. The minimum absolute atomic E-state index is 0.0359. The van der Waals surface area contributed by atoms with Gasteiger partial charge in [-0.2, -0.15) is 0 Å². The molecule has 3 aromatic rings. The summed E-state index contributed by atoms with van der Waals surface area (Å²) in [6, 6.07) is 10.4. The van der Waals surface area contributed by atoms with Gasteiger partial charge in [0.15, 0.2) is 5.58 Å². The third-order valence-corrected chi connectivity index (χ3v) is 4.56. The normalized spacial score (nSPS) is 11.7. The smallest absolute Gasteiger partial charge is 0.261 e. The van der Waals surface area contributed by atoms with Crippen molar-refractivity contribution in [1.82, 2.24) is 4.98 Å². The third-order valence-electron chi connectivity index (χ3n) is 3.07. The Morgan fingerprint density at radius 1 is 1.26 bits per heavy atom. The van der Waals surface area contributed by atoms with Crippen LogP contribution in [0.25, 0.3) is 11.1 Å². The summed E-state index contributed by atoms with van der Waals surface area (Å²) in [5.74, 6) is 0.0359. The maximum Gasteiger partial charge on any atom is 0.261 e. The van der Waals surface area contributed by atoms with E-state index in [-0.39, 0.29) is 5.75 Å². The Balaban J connectivity index is 1.97. The Kier molecular flexibility index (Phi) is 3.95. The molecule has 0 saturated heterocycles. The second-order valence-corrected chi connectivity index (χ2v) is 7.80. The van der Waals surface area contributed by atoms with E-state index < -0.39 is 10.0 Å². The number of aryl methyl sites for hydroxylation is 1. The van der Waals surface area contributed by atoms with E-state index in [1.165, 1.54) is 6.07 Å². The molecule has 1 heterocycles. The molecule has 2 aromatic carbocycles. The predicted molar refractivity (Wildman–Crippen MR) is 89.4 cm³/mol. The second-order valence-electron chi connectivity index (χ2n) is 5.06. The molecule has 1 aromatic heterocycles. The Bertz CT molecular complexity index is 947. The number of anilines is 1. The minimum Gasteiger partial charge on any atom is -0.507 e. The lowest BCUT2D eigenvalue weighted by molar-refractivity contribution is 0.459. The lowest BCUT2D eigenvalue weighted by Crippen LogP contribution is -2.10. The topological polar surface area (TPSA) is 92.4 Å². The van der Waals surface area contributed by atoms with Gasteiger partial charge in [0.1, 0.15) is 11.3 Å². The molecule has 0 aliphatic carbocycles. The van der Waals surface area contributed by atoms with Gasteiger partial charge in [-0.1, -0.05) is 12.1 Å². The molecule has 0 amide bonds. The van der Waals surface area contributed by atoms with Gasteiger partial charge in [-0.25, -0.2) is 13.4 Å². The summed E-state index contributed by atoms with van der Waals surface area (Å²) in [6.45, 7) is 1.71. The minimum atomic E-state index is -3.40. The summed E-state index contributed by atoms with van der Waals surface area (Å²) in [5, 5.41) is 10.5. The molecule has 0 fully saturated rings. The van der Waals surface area contributed by atoms with Gasteiger partial charge >= 0.3 is 0 Å². The van der Waals surface area contributed by atoms with Gasteiger partial charge in [0.2, 0.25) is 10.0 Å². The van der Waals surface area contributed by atoms with E-state index in [9.17, 15) is 13.5 Å². The zero-order valence-corrected chi connectivity index (χ0v) is 14.0. The molecule has 0 atom stereocenters. The third kappa shape index (κ3) is 3.59. The van der Waals surface area contributed by atoms with E-state index in [2.05, 4.69) is 9.71 Å². The number of hydrogen-bond acceptors (Lipinski definition) is 6. The summed E-state index contributed by atoms with van der Waals surface area (Å²) in [6.07, 6.45) is 1.08. The van der Waals surface area contributed by atoms with Crippen LogP contribution < -0.4 is 4.72 Å². The van der Waals surface area contributed by atoms with Crippen molar-refractivity contribution in [3.8, 4) is 5.75 Å². The van der Waals surface area contributed by atoms with Crippen LogP contribution >= 0.6 is 11.8 Å². The highest BCUT2D eigenvalue weighted by atomic mass is 32.2. The van der Waals surface area contributed by atoms with Crippen LogP contribution in [0.5, 0.6) is 5.75 Å². The number of para-hydroxylation sites is 2. The van der Waals surface area contributed by atoms with Crippen LogP contribution in [0.4, 0.5) is 5.69 Å². The Morgan fingerprint density at radius 2 is 2.00 bits per heavy atom. The van der Waals surface area contributed by atoms with Crippen LogP contribution in [0.3, 0.4) is 0 Å². The summed E-state index contributed by atoms with van der Waals surface area (Å²) in [4.78, 5) is 4.77. The van der Waals surface area contributed by atoms with Crippen molar-refractivity contribution < 1.29 is 17.9 Å². The zero-order valence-electron chi connectivity index (χ0n) is 12.4. The first-order valence-corrected chi connectivity index (χ1v) is 9.37. The van der Waals surface area contributed by atoms with Crippen molar-refractivity contribution in [2.45, 2.75) is 17.0 Å². The van der Waals surface area contributed by atoms with E-state index in [1.54, 1.807) is 19.1 Å². The van der Waals surface area contributed by atoms with Crippen molar-refractivity contribution in [3.05, 3.63) is 42.0 Å². The Hall–Kier alpha value is -2.19. The molecule has 2 N–H and O–H groups in total. The van der Waals surface area contributed by atoms with Crippen LogP contribution in [0.2, 0.25) is 0 Å². The molecule has 0 bridgehead atoms. The van der Waals surface area contributed by atoms with Gasteiger partial charge in [0.25, 0.3) is 5.22 Å². The first-order valence-electron chi connectivity index (χ1n) is 6.67. The maximum atomic E-state index is 11.4. The van der Waals surface area contributed by atoms with Crippen LogP contribution in [0, 0.1) is 6.92 Å². The molecule has 3 rings (SSSR count). The Labute approximate surface area is 137 Å². The molecule has 0 aliphatic rings. The van der Waals surface area contributed by atoms with Crippen molar-refractivity contribution in [1.29, 1.82) is 0 Å². The van der Waals surface area contributed by atoms with Crippen LogP contribution in [0.1, 0.15) is 5.56 Å². The quantitative estimate of drug-likeness (QED) is 0.701. The van der Waals surface area contributed by atoms with Crippen LogP contribution in [-0.4, -0.2) is 24.8 Å². The van der Waals surface area contributed by atoms with Gasteiger partial charge in [-0.3, -0.25) is 4.72 Å². The summed E-state index contributed by atoms with van der Waals surface area (Å²) in [5.41, 5.74) is 2.39. The lowest BCUT2D eigenvalue weighted by atomic mass is 10.2. The first kappa shape index (κ1) is 15.7. The molecular weight excluding hydrogens is 336 g/mol. The molecule has 0 spiro atoms. The molecule has 120 valence electrons. The van der Waals surface area contributed by atoms with Gasteiger partial charge in [-0.05, 0) is 48.5 Å². The maximum absolute atomic E-state index is 11.4. The van der Waals surface area contributed by atoms with Gasteiger partial charge < -0.3 is 9.52 Å². The lowest BCUT2D eigenvalue weighted by Gasteiger charge is -2.10. The standard InChI is InChI=1S/C15H14N2O4S2/c1-9-7-12(18)14(8-11(9)17-23(2,19)20)22-15-16-10-5-3-4-6-13(10)21-15/h3-8,17-18H,1-2H3. The average Bonchev–Trinajstić information content (AvgIpc) is 2.85. The highest BCUT2D eigenvalue weighted by Crippen LogP contribution is 2.38. The summed E-state index contributed by atoms with van der Waals surface area (Å²) >= 11 is 1.13. The van der Waals surface area contributed by atoms with Gasteiger partial charge in [0.05, 0.1) is 16.8 Å². The number of aromatic hydroxyl groups is 1. The zero-order chi connectivity index (χ0) is 16.6. The van der Waals surface area contributed by atoms with E-state index in [1.807, 2.05) is 18.2 Å². The number of nitrogens with one attached hydrogen (secondary N) is 1. The van der Waals surface area contributed by atoms with Crippen molar-refractivity contribution in [2.75, 3.05) is 11.0 Å². The number of sulfonamides is 1. The molecule has 0 radical (unpaired) electrons. The Morgan fingerprint density at radius 3 is 2.70 bits per heavy atom. The molecule has 0 unspecified atom stereocenters. The highest BCUT2D eigenvalue weighted by molar-refractivity contribution is 7.99. The van der Waals surface area contributed by atoms with Gasteiger partial charge in [0, 0.05) is 0 Å². The van der Waals surface area contributed by atoms with Crippen molar-refractivity contribution in [3.63, 3.8) is 0 Å². The number of rotatable bonds is 4.